The van der Waals surface area contributed by atoms with Gasteiger partial charge >= 0.3 is 0 Å². The van der Waals surface area contributed by atoms with Gasteiger partial charge in [-0.1, -0.05) is 18.6 Å². The Morgan fingerprint density at radius 3 is 2.73 bits per heavy atom. The first-order chi connectivity index (χ1) is 14.6. The normalized spacial score (nSPS) is 31.7. The number of nitrogens with zero attached hydrogens (tertiary/aromatic N) is 3. The molecular formula is C24H33N3O3. The molecule has 5 rings (SSSR count). The van der Waals surface area contributed by atoms with Crippen molar-refractivity contribution in [1.82, 2.24) is 14.5 Å². The summed E-state index contributed by atoms with van der Waals surface area (Å²) in [6.07, 6.45) is 9.52. The number of aromatic nitrogens is 2. The van der Waals surface area contributed by atoms with Crippen LogP contribution in [0.5, 0.6) is 5.75 Å². The standard InChI is InChI=1S/C24H33N3O3/c1-26-11-10-25-23(26)24(28)19-6-3-7-20(24)16-27(15-19)14-18-5-2-8-21(13-18)30-17-22-9-4-12-29-22/h2,5,8,10-11,13,19-20,22,28H,3-4,6-7,9,12,14-17H2,1H3/t19-,20-,22+/m0/s1. The second kappa shape index (κ2) is 8.33. The lowest BCUT2D eigenvalue weighted by molar-refractivity contribution is -0.155. The molecule has 2 aromatic rings. The molecular weight excluding hydrogens is 378 g/mol. The highest BCUT2D eigenvalue weighted by Gasteiger charge is 2.53. The molecule has 2 bridgehead atoms. The van der Waals surface area contributed by atoms with Crippen molar-refractivity contribution < 1.29 is 14.6 Å². The minimum Gasteiger partial charge on any atom is -0.491 e. The predicted molar refractivity (Wildman–Crippen MR) is 114 cm³/mol. The van der Waals surface area contributed by atoms with Gasteiger partial charge in [0.25, 0.3) is 0 Å². The molecule has 3 atom stereocenters. The Morgan fingerprint density at radius 2 is 2.03 bits per heavy atom. The van der Waals surface area contributed by atoms with Gasteiger partial charge in [0.05, 0.1) is 6.10 Å². The van der Waals surface area contributed by atoms with Crippen molar-refractivity contribution in [3.8, 4) is 5.75 Å². The number of hydrogen-bond donors (Lipinski definition) is 1. The molecule has 2 aliphatic heterocycles. The Balaban J connectivity index is 1.26. The zero-order chi connectivity index (χ0) is 20.6. The van der Waals surface area contributed by atoms with Crippen molar-refractivity contribution >= 4 is 0 Å². The Bertz CT molecular complexity index is 847. The number of fused-ring (bicyclic) bond motifs is 2. The van der Waals surface area contributed by atoms with Crippen LogP contribution < -0.4 is 4.74 Å². The number of ether oxygens (including phenoxy) is 2. The molecule has 162 valence electrons. The second-order valence-corrected chi connectivity index (χ2v) is 9.30. The van der Waals surface area contributed by atoms with E-state index in [1.54, 1.807) is 6.20 Å². The Labute approximate surface area is 178 Å². The van der Waals surface area contributed by atoms with Crippen LogP contribution in [0.4, 0.5) is 0 Å². The van der Waals surface area contributed by atoms with Gasteiger partial charge in [0.15, 0.2) is 0 Å². The summed E-state index contributed by atoms with van der Waals surface area (Å²) < 4.78 is 13.7. The molecule has 1 saturated carbocycles. The lowest BCUT2D eigenvalue weighted by Gasteiger charge is -2.52. The predicted octanol–water partition coefficient (Wildman–Crippen LogP) is 3.10. The zero-order valence-corrected chi connectivity index (χ0v) is 17.9. The number of rotatable bonds is 6. The van der Waals surface area contributed by atoms with E-state index in [-0.39, 0.29) is 17.9 Å². The quantitative estimate of drug-likeness (QED) is 0.792. The van der Waals surface area contributed by atoms with E-state index in [2.05, 4.69) is 28.1 Å². The number of piperidine rings is 1. The van der Waals surface area contributed by atoms with Crippen molar-refractivity contribution in [3.63, 3.8) is 0 Å². The maximum atomic E-state index is 11.8. The second-order valence-electron chi connectivity index (χ2n) is 9.30. The third-order valence-electron chi connectivity index (χ3n) is 7.25. The van der Waals surface area contributed by atoms with Crippen LogP contribution in [-0.2, 0) is 23.9 Å². The molecule has 6 heteroatoms. The number of likely N-dealkylation sites (tertiary alicyclic amines) is 1. The molecule has 0 spiro atoms. The number of aliphatic hydroxyl groups is 1. The average molecular weight is 412 g/mol. The SMILES string of the molecule is Cn1ccnc1C1(O)[C@H]2CCC[C@H]1CN(Cc1cccc(OC[C@H]3CCCO3)c1)C2. The fourth-order valence-electron chi connectivity index (χ4n) is 5.75. The van der Waals surface area contributed by atoms with Crippen LogP contribution in [0.1, 0.15) is 43.5 Å². The number of imidazole rings is 1. The molecule has 0 radical (unpaired) electrons. The highest BCUT2D eigenvalue weighted by molar-refractivity contribution is 5.29. The first-order valence-electron chi connectivity index (χ1n) is 11.4. The summed E-state index contributed by atoms with van der Waals surface area (Å²) >= 11 is 0. The van der Waals surface area contributed by atoms with E-state index in [1.807, 2.05) is 23.9 Å². The lowest BCUT2D eigenvalue weighted by atomic mass is 9.65. The third kappa shape index (κ3) is 3.77. The molecule has 0 amide bonds. The molecule has 1 N–H and O–H groups in total. The fraction of sp³-hybridized carbons (Fsp3) is 0.625. The van der Waals surface area contributed by atoms with Gasteiger partial charge in [0, 0.05) is 57.5 Å². The van der Waals surface area contributed by atoms with E-state index in [1.165, 1.54) is 12.0 Å². The maximum absolute atomic E-state index is 11.8. The molecule has 30 heavy (non-hydrogen) atoms. The van der Waals surface area contributed by atoms with E-state index >= 15 is 0 Å². The Kier molecular flexibility index (Phi) is 5.56. The molecule has 0 unspecified atom stereocenters. The van der Waals surface area contributed by atoms with Crippen molar-refractivity contribution in [2.24, 2.45) is 18.9 Å². The Morgan fingerprint density at radius 1 is 1.20 bits per heavy atom. The summed E-state index contributed by atoms with van der Waals surface area (Å²) in [6, 6.07) is 8.44. The minimum atomic E-state index is -0.806. The molecule has 1 aromatic heterocycles. The maximum Gasteiger partial charge on any atom is 0.141 e. The van der Waals surface area contributed by atoms with Gasteiger partial charge in [-0.25, -0.2) is 4.98 Å². The molecule has 1 aromatic carbocycles. The van der Waals surface area contributed by atoms with Crippen LogP contribution in [0.2, 0.25) is 0 Å². The topological polar surface area (TPSA) is 59.8 Å². The van der Waals surface area contributed by atoms with Gasteiger partial charge in [-0.3, -0.25) is 4.90 Å². The summed E-state index contributed by atoms with van der Waals surface area (Å²) in [7, 11) is 1.99. The first kappa shape index (κ1) is 20.0. The molecule has 3 aliphatic rings. The van der Waals surface area contributed by atoms with Crippen LogP contribution in [0.15, 0.2) is 36.7 Å². The van der Waals surface area contributed by atoms with Crippen LogP contribution in [0, 0.1) is 11.8 Å². The zero-order valence-electron chi connectivity index (χ0n) is 17.9. The van der Waals surface area contributed by atoms with Gasteiger partial charge < -0.3 is 19.1 Å². The van der Waals surface area contributed by atoms with E-state index in [4.69, 9.17) is 9.47 Å². The first-order valence-corrected chi connectivity index (χ1v) is 11.4. The van der Waals surface area contributed by atoms with Crippen molar-refractivity contribution in [1.29, 1.82) is 0 Å². The van der Waals surface area contributed by atoms with E-state index < -0.39 is 5.60 Å². The average Bonchev–Trinajstić information content (AvgIpc) is 3.39. The van der Waals surface area contributed by atoms with E-state index in [0.29, 0.717) is 6.61 Å². The van der Waals surface area contributed by atoms with Crippen LogP contribution in [0.25, 0.3) is 0 Å². The van der Waals surface area contributed by atoms with Crippen molar-refractivity contribution in [2.45, 2.75) is 50.4 Å². The van der Waals surface area contributed by atoms with Gasteiger partial charge in [0.2, 0.25) is 0 Å². The third-order valence-corrected chi connectivity index (χ3v) is 7.25. The largest absolute Gasteiger partial charge is 0.491 e. The van der Waals surface area contributed by atoms with Gasteiger partial charge in [-0.05, 0) is 43.4 Å². The van der Waals surface area contributed by atoms with Gasteiger partial charge in [-0.15, -0.1) is 0 Å². The molecule has 1 aliphatic carbocycles. The van der Waals surface area contributed by atoms with Crippen LogP contribution in [-0.4, -0.2) is 52.0 Å². The minimum absolute atomic E-state index is 0.227. The van der Waals surface area contributed by atoms with E-state index in [9.17, 15) is 5.11 Å². The van der Waals surface area contributed by atoms with Crippen molar-refractivity contribution in [2.75, 3.05) is 26.3 Å². The summed E-state index contributed by atoms with van der Waals surface area (Å²) in [5, 5.41) is 11.8. The van der Waals surface area contributed by atoms with Gasteiger partial charge in [-0.2, -0.15) is 0 Å². The smallest absolute Gasteiger partial charge is 0.141 e. The summed E-state index contributed by atoms with van der Waals surface area (Å²) in [4.78, 5) is 7.04. The highest BCUT2D eigenvalue weighted by atomic mass is 16.5. The van der Waals surface area contributed by atoms with Crippen LogP contribution in [0.3, 0.4) is 0 Å². The molecule has 2 saturated heterocycles. The van der Waals surface area contributed by atoms with Gasteiger partial charge in [0.1, 0.15) is 23.8 Å². The molecule has 6 nitrogen and oxygen atoms in total. The monoisotopic (exact) mass is 411 g/mol. The highest BCUT2D eigenvalue weighted by Crippen LogP contribution is 2.48. The number of aryl methyl sites for hydroxylation is 1. The molecule has 3 fully saturated rings. The van der Waals surface area contributed by atoms with E-state index in [0.717, 1.165) is 63.5 Å². The Hall–Kier alpha value is -1.89. The summed E-state index contributed by atoms with van der Waals surface area (Å²) in [5.41, 5.74) is 0.458. The number of benzene rings is 1. The molecule has 3 heterocycles. The van der Waals surface area contributed by atoms with Crippen molar-refractivity contribution in [3.05, 3.63) is 48.0 Å². The summed E-state index contributed by atoms with van der Waals surface area (Å²) in [5.74, 6) is 2.21. The summed E-state index contributed by atoms with van der Waals surface area (Å²) in [6.45, 7) is 4.19. The van der Waals surface area contributed by atoms with Crippen LogP contribution >= 0.6 is 0 Å². The fourth-order valence-corrected chi connectivity index (χ4v) is 5.75. The number of hydrogen-bond acceptors (Lipinski definition) is 5. The lowest BCUT2D eigenvalue weighted by Crippen LogP contribution is -2.58.